The number of fused-ring (bicyclic) bond motifs is 1. The van der Waals surface area contributed by atoms with E-state index in [0.717, 1.165) is 11.1 Å². The largest absolute Gasteiger partial charge is 0.481 e. The lowest BCUT2D eigenvalue weighted by Crippen LogP contribution is -2.31. The number of carbonyl (C=O) groups is 1. The van der Waals surface area contributed by atoms with Crippen molar-refractivity contribution >= 4 is 29.1 Å². The number of hydrogen-bond donors (Lipinski definition) is 2. The van der Waals surface area contributed by atoms with E-state index in [1.54, 1.807) is 19.2 Å². The summed E-state index contributed by atoms with van der Waals surface area (Å²) in [6.07, 6.45) is 1.62. The smallest absolute Gasteiger partial charge is 0.313 e. The fourth-order valence-corrected chi connectivity index (χ4v) is 2.92. The van der Waals surface area contributed by atoms with Gasteiger partial charge in [0.1, 0.15) is 5.92 Å². The fraction of sp³-hybridized carbons (Fsp3) is 0.214. The van der Waals surface area contributed by atoms with Crippen LogP contribution in [-0.2, 0) is 4.79 Å². The summed E-state index contributed by atoms with van der Waals surface area (Å²) in [4.78, 5) is 15.9. The molecule has 2 heterocycles. The van der Waals surface area contributed by atoms with E-state index in [1.165, 1.54) is 0 Å². The van der Waals surface area contributed by atoms with Crippen LogP contribution in [0, 0.1) is 5.92 Å². The number of carboxylic acids is 1. The number of hydrogen-bond acceptors (Lipinski definition) is 3. The minimum absolute atomic E-state index is 0.382. The third-order valence-corrected chi connectivity index (χ3v) is 3.90. The van der Waals surface area contributed by atoms with E-state index in [0.29, 0.717) is 16.6 Å². The van der Waals surface area contributed by atoms with E-state index in [9.17, 15) is 9.90 Å². The van der Waals surface area contributed by atoms with Crippen molar-refractivity contribution in [2.24, 2.45) is 10.9 Å². The lowest BCUT2D eigenvalue weighted by molar-refractivity contribution is -0.139. The Balaban J connectivity index is 2.23. The van der Waals surface area contributed by atoms with E-state index in [1.807, 2.05) is 18.2 Å². The molecule has 0 aliphatic carbocycles. The van der Waals surface area contributed by atoms with Crippen molar-refractivity contribution in [3.8, 4) is 0 Å². The molecule has 0 saturated carbocycles. The highest BCUT2D eigenvalue weighted by molar-refractivity contribution is 6.31. The van der Waals surface area contributed by atoms with Crippen molar-refractivity contribution < 1.29 is 9.90 Å². The van der Waals surface area contributed by atoms with Crippen LogP contribution in [0.3, 0.4) is 0 Å². The van der Waals surface area contributed by atoms with Gasteiger partial charge in [-0.3, -0.25) is 9.89 Å². The van der Waals surface area contributed by atoms with Gasteiger partial charge >= 0.3 is 5.97 Å². The molecule has 3 rings (SSSR count). The first-order chi connectivity index (χ1) is 9.59. The number of halogens is 1. The topological polar surface area (TPSA) is 78.3 Å². The van der Waals surface area contributed by atoms with Gasteiger partial charge in [-0.15, -0.1) is 0 Å². The maximum Gasteiger partial charge on any atom is 0.313 e. The lowest BCUT2D eigenvalue weighted by atomic mass is 9.77. The quantitative estimate of drug-likeness (QED) is 0.892. The Kier molecular flexibility index (Phi) is 3.06. The molecule has 2 unspecified atom stereocenters. The van der Waals surface area contributed by atoms with Gasteiger partial charge in [0.25, 0.3) is 0 Å². The first-order valence-corrected chi connectivity index (χ1v) is 6.53. The van der Waals surface area contributed by atoms with Crippen molar-refractivity contribution in [3.05, 3.63) is 46.6 Å². The van der Waals surface area contributed by atoms with Crippen LogP contribution in [-0.4, -0.2) is 27.0 Å². The molecule has 0 bridgehead atoms. The van der Waals surface area contributed by atoms with Crippen LogP contribution >= 0.6 is 11.6 Å². The maximum atomic E-state index is 11.6. The third-order valence-electron chi connectivity index (χ3n) is 3.56. The third kappa shape index (κ3) is 1.91. The van der Waals surface area contributed by atoms with Gasteiger partial charge in [0.2, 0.25) is 0 Å². The van der Waals surface area contributed by atoms with Crippen LogP contribution in [0.2, 0.25) is 5.02 Å². The molecule has 1 aliphatic rings. The number of carboxylic acid groups (broad SMARTS) is 1. The van der Waals surface area contributed by atoms with Gasteiger partial charge in [0.15, 0.2) is 5.82 Å². The molecule has 0 radical (unpaired) electrons. The Labute approximate surface area is 120 Å². The molecule has 102 valence electrons. The molecule has 2 N–H and O–H groups in total. The van der Waals surface area contributed by atoms with Gasteiger partial charge in [-0.25, -0.2) is 4.99 Å². The van der Waals surface area contributed by atoms with Gasteiger partial charge in [0.05, 0.1) is 6.20 Å². The summed E-state index contributed by atoms with van der Waals surface area (Å²) in [5, 5.41) is 16.8. The average molecular weight is 290 g/mol. The fourth-order valence-electron chi connectivity index (χ4n) is 2.67. The normalized spacial score (nSPS) is 21.2. The van der Waals surface area contributed by atoms with Crippen LogP contribution < -0.4 is 0 Å². The molecule has 0 fully saturated rings. The van der Waals surface area contributed by atoms with Gasteiger partial charge in [-0.1, -0.05) is 29.8 Å². The highest BCUT2D eigenvalue weighted by atomic mass is 35.5. The zero-order valence-electron chi connectivity index (χ0n) is 10.7. The summed E-state index contributed by atoms with van der Waals surface area (Å²) in [7, 11) is 0. The zero-order chi connectivity index (χ0) is 14.3. The van der Waals surface area contributed by atoms with Crippen molar-refractivity contribution in [2.45, 2.75) is 12.8 Å². The summed E-state index contributed by atoms with van der Waals surface area (Å²) < 4.78 is 0. The van der Waals surface area contributed by atoms with Gasteiger partial charge in [-0.05, 0) is 18.6 Å². The van der Waals surface area contributed by atoms with Crippen molar-refractivity contribution in [2.75, 3.05) is 0 Å². The number of nitrogens with one attached hydrogen (secondary N) is 1. The lowest BCUT2D eigenvalue weighted by Gasteiger charge is -2.28. The second kappa shape index (κ2) is 4.76. The predicted molar refractivity (Wildman–Crippen MR) is 75.8 cm³/mol. The molecule has 5 nitrogen and oxygen atoms in total. The molecule has 0 saturated heterocycles. The monoisotopic (exact) mass is 289 g/mol. The molecular weight excluding hydrogens is 278 g/mol. The molecule has 0 amide bonds. The summed E-state index contributed by atoms with van der Waals surface area (Å²) >= 11 is 6.25. The van der Waals surface area contributed by atoms with Crippen LogP contribution in [0.15, 0.2) is 35.5 Å². The summed E-state index contributed by atoms with van der Waals surface area (Å²) in [5.41, 5.74) is 2.08. The Morgan fingerprint density at radius 3 is 2.80 bits per heavy atom. The number of aliphatic imine (C=N–C) groups is 1. The molecule has 2 atom stereocenters. The van der Waals surface area contributed by atoms with E-state index in [-0.39, 0.29) is 5.92 Å². The van der Waals surface area contributed by atoms with Crippen molar-refractivity contribution in [3.63, 3.8) is 0 Å². The molecule has 1 aromatic carbocycles. The highest BCUT2D eigenvalue weighted by Crippen LogP contribution is 2.43. The van der Waals surface area contributed by atoms with Crippen molar-refractivity contribution in [1.82, 2.24) is 10.2 Å². The summed E-state index contributed by atoms with van der Waals surface area (Å²) in [6.45, 7) is 1.71. The Bertz CT molecular complexity index is 708. The predicted octanol–water partition coefficient (Wildman–Crippen LogP) is 3.00. The Hall–Kier alpha value is -2.14. The molecular formula is C14H12ClN3O2. The van der Waals surface area contributed by atoms with E-state index in [2.05, 4.69) is 15.2 Å². The Morgan fingerprint density at radius 2 is 2.10 bits per heavy atom. The second-order valence-corrected chi connectivity index (χ2v) is 5.15. The summed E-state index contributed by atoms with van der Waals surface area (Å²) in [6, 6.07) is 7.28. The van der Waals surface area contributed by atoms with E-state index < -0.39 is 11.9 Å². The van der Waals surface area contributed by atoms with Gasteiger partial charge in [0, 0.05) is 22.2 Å². The SMILES string of the molecule is CC1=Nc2[nH]ncc2C(c2ccccc2Cl)C1C(=O)O. The zero-order valence-corrected chi connectivity index (χ0v) is 11.4. The molecule has 6 heteroatoms. The minimum Gasteiger partial charge on any atom is -0.481 e. The maximum absolute atomic E-state index is 11.6. The number of aliphatic carboxylic acids is 1. The average Bonchev–Trinajstić information content (AvgIpc) is 2.85. The van der Waals surface area contributed by atoms with Crippen LogP contribution in [0.5, 0.6) is 0 Å². The molecule has 1 aromatic heterocycles. The molecule has 0 spiro atoms. The van der Waals surface area contributed by atoms with Crippen molar-refractivity contribution in [1.29, 1.82) is 0 Å². The highest BCUT2D eigenvalue weighted by Gasteiger charge is 2.39. The minimum atomic E-state index is -0.914. The van der Waals surface area contributed by atoms with E-state index in [4.69, 9.17) is 11.6 Å². The Morgan fingerprint density at radius 1 is 1.35 bits per heavy atom. The number of nitrogens with zero attached hydrogens (tertiary/aromatic N) is 2. The van der Waals surface area contributed by atoms with E-state index >= 15 is 0 Å². The molecule has 1 aliphatic heterocycles. The van der Waals surface area contributed by atoms with Crippen LogP contribution in [0.4, 0.5) is 5.82 Å². The number of benzene rings is 1. The first kappa shape index (κ1) is 12.9. The number of aromatic amines is 1. The summed E-state index contributed by atoms with van der Waals surface area (Å²) in [5.74, 6) is -1.43. The van der Waals surface area contributed by atoms with Crippen LogP contribution in [0.25, 0.3) is 0 Å². The number of rotatable bonds is 2. The first-order valence-electron chi connectivity index (χ1n) is 6.15. The second-order valence-electron chi connectivity index (χ2n) is 4.74. The number of H-pyrrole nitrogens is 1. The molecule has 20 heavy (non-hydrogen) atoms. The standard InChI is InChI=1S/C14H12ClN3O2/c1-7-11(14(19)20)12(8-4-2-3-5-10(8)15)9-6-16-18-13(9)17-7/h2-6,11-12H,1H3,(H,16,18)(H,19,20). The number of aromatic nitrogens is 2. The molecule has 2 aromatic rings. The van der Waals surface area contributed by atoms with Crippen LogP contribution in [0.1, 0.15) is 24.0 Å². The van der Waals surface area contributed by atoms with Gasteiger partial charge in [-0.2, -0.15) is 5.10 Å². The van der Waals surface area contributed by atoms with Gasteiger partial charge < -0.3 is 5.11 Å².